The van der Waals surface area contributed by atoms with Gasteiger partial charge in [-0.15, -0.1) is 0 Å². The number of rotatable bonds is 3. The zero-order valence-electron chi connectivity index (χ0n) is 10.9. The second-order valence-corrected chi connectivity index (χ2v) is 5.51. The molecule has 0 bridgehead atoms. The van der Waals surface area contributed by atoms with Crippen molar-refractivity contribution in [2.45, 2.75) is 51.0 Å². The van der Waals surface area contributed by atoms with Gasteiger partial charge in [-0.2, -0.15) is 0 Å². The molecule has 2 N–H and O–H groups in total. The summed E-state index contributed by atoms with van der Waals surface area (Å²) in [7, 11) is 0. The van der Waals surface area contributed by atoms with E-state index in [1.165, 1.54) is 25.0 Å². The van der Waals surface area contributed by atoms with E-state index >= 15 is 0 Å². The number of hydrogen-bond donors (Lipinski definition) is 1. The highest BCUT2D eigenvalue weighted by atomic mass is 19.1. The van der Waals surface area contributed by atoms with Crippen LogP contribution in [0.5, 0.6) is 0 Å². The summed E-state index contributed by atoms with van der Waals surface area (Å²) in [4.78, 5) is 0. The third kappa shape index (κ3) is 2.72. The van der Waals surface area contributed by atoms with Crippen molar-refractivity contribution in [1.82, 2.24) is 0 Å². The van der Waals surface area contributed by atoms with Gasteiger partial charge in [0.2, 0.25) is 0 Å². The highest BCUT2D eigenvalue weighted by Gasteiger charge is 2.34. The lowest BCUT2D eigenvalue weighted by Crippen LogP contribution is -2.41. The third-order valence-corrected chi connectivity index (χ3v) is 4.16. The van der Waals surface area contributed by atoms with Crippen molar-refractivity contribution in [1.29, 1.82) is 0 Å². The van der Waals surface area contributed by atoms with Crippen molar-refractivity contribution >= 4 is 0 Å². The first-order valence-electron chi connectivity index (χ1n) is 6.79. The van der Waals surface area contributed by atoms with Crippen LogP contribution >= 0.6 is 0 Å². The number of benzene rings is 1. The van der Waals surface area contributed by atoms with E-state index in [0.717, 1.165) is 37.7 Å². The molecule has 2 rings (SSSR count). The largest absolute Gasteiger partial charge is 0.321 e. The Balaban J connectivity index is 2.13. The lowest BCUT2D eigenvalue weighted by molar-refractivity contribution is 0.221. The van der Waals surface area contributed by atoms with Crippen LogP contribution in [0.25, 0.3) is 0 Å². The van der Waals surface area contributed by atoms with E-state index in [-0.39, 0.29) is 0 Å². The summed E-state index contributed by atoms with van der Waals surface area (Å²) in [5, 5.41) is 0. The van der Waals surface area contributed by atoms with E-state index in [1.54, 1.807) is 0 Å². The molecule has 0 saturated heterocycles. The molecule has 0 aliphatic heterocycles. The normalized spacial score (nSPS) is 28.3. The van der Waals surface area contributed by atoms with Crippen LogP contribution < -0.4 is 5.73 Å². The van der Waals surface area contributed by atoms with Crippen molar-refractivity contribution in [2.24, 2.45) is 11.7 Å². The van der Waals surface area contributed by atoms with Gasteiger partial charge in [-0.05, 0) is 37.7 Å². The summed E-state index contributed by atoms with van der Waals surface area (Å²) in [6.07, 6.45) is 6.08. The van der Waals surface area contributed by atoms with E-state index in [0.29, 0.717) is 5.56 Å². The molecule has 18 heavy (non-hydrogen) atoms. The van der Waals surface area contributed by atoms with Crippen LogP contribution in [-0.2, 0) is 5.54 Å². The van der Waals surface area contributed by atoms with E-state index in [2.05, 4.69) is 6.92 Å². The van der Waals surface area contributed by atoms with E-state index in [4.69, 9.17) is 5.73 Å². The average molecular weight is 253 g/mol. The molecule has 0 unspecified atom stereocenters. The molecule has 100 valence electrons. The third-order valence-electron chi connectivity index (χ3n) is 4.16. The van der Waals surface area contributed by atoms with Gasteiger partial charge in [0.15, 0.2) is 0 Å². The lowest BCUT2D eigenvalue weighted by atomic mass is 9.72. The minimum Gasteiger partial charge on any atom is -0.321 e. The van der Waals surface area contributed by atoms with Crippen molar-refractivity contribution < 1.29 is 8.78 Å². The standard InChI is InChI=1S/C15H21F2N/c1-2-3-11-6-8-15(18,9-7-11)13-5-4-12(16)10-14(13)17/h4-5,10-11H,2-3,6-9,18H2,1H3. The van der Waals surface area contributed by atoms with Gasteiger partial charge in [0.05, 0.1) is 0 Å². The molecule has 1 aliphatic rings. The highest BCUT2D eigenvalue weighted by molar-refractivity contribution is 5.27. The molecule has 0 radical (unpaired) electrons. The lowest BCUT2D eigenvalue weighted by Gasteiger charge is -2.37. The Morgan fingerprint density at radius 3 is 2.50 bits per heavy atom. The van der Waals surface area contributed by atoms with Gasteiger partial charge in [0.25, 0.3) is 0 Å². The molecule has 1 nitrogen and oxygen atoms in total. The molecule has 0 heterocycles. The minimum atomic E-state index is -0.609. The zero-order chi connectivity index (χ0) is 13.2. The predicted molar refractivity (Wildman–Crippen MR) is 69.1 cm³/mol. The van der Waals surface area contributed by atoms with Gasteiger partial charge in [0, 0.05) is 17.2 Å². The van der Waals surface area contributed by atoms with Crippen LogP contribution in [-0.4, -0.2) is 0 Å². The average Bonchev–Trinajstić information content (AvgIpc) is 2.32. The molecule has 0 amide bonds. The van der Waals surface area contributed by atoms with Crippen LogP contribution in [0.15, 0.2) is 18.2 Å². The van der Waals surface area contributed by atoms with Crippen LogP contribution in [0.1, 0.15) is 51.0 Å². The highest BCUT2D eigenvalue weighted by Crippen LogP contribution is 2.39. The summed E-state index contributed by atoms with van der Waals surface area (Å²) in [5.74, 6) is -0.332. The smallest absolute Gasteiger partial charge is 0.131 e. The maximum Gasteiger partial charge on any atom is 0.131 e. The van der Waals surface area contributed by atoms with Gasteiger partial charge < -0.3 is 5.73 Å². The Kier molecular flexibility index (Phi) is 4.00. The van der Waals surface area contributed by atoms with Gasteiger partial charge >= 0.3 is 0 Å². The molecule has 1 saturated carbocycles. The number of nitrogens with two attached hydrogens (primary N) is 1. The van der Waals surface area contributed by atoms with Crippen molar-refractivity contribution in [3.8, 4) is 0 Å². The van der Waals surface area contributed by atoms with E-state index in [9.17, 15) is 8.78 Å². The quantitative estimate of drug-likeness (QED) is 0.862. The fourth-order valence-corrected chi connectivity index (χ4v) is 3.05. The predicted octanol–water partition coefficient (Wildman–Crippen LogP) is 4.11. The second kappa shape index (κ2) is 5.35. The molecule has 1 aromatic rings. The van der Waals surface area contributed by atoms with E-state index < -0.39 is 17.2 Å². The van der Waals surface area contributed by atoms with Crippen molar-refractivity contribution in [3.63, 3.8) is 0 Å². The van der Waals surface area contributed by atoms with E-state index in [1.807, 2.05) is 0 Å². The van der Waals surface area contributed by atoms with Crippen LogP contribution in [0.3, 0.4) is 0 Å². The van der Waals surface area contributed by atoms with Crippen LogP contribution in [0.2, 0.25) is 0 Å². The van der Waals surface area contributed by atoms with Gasteiger partial charge in [-0.25, -0.2) is 8.78 Å². The molecule has 1 fully saturated rings. The molecule has 1 aromatic carbocycles. The SMILES string of the molecule is CCCC1CCC(N)(c2ccc(F)cc2F)CC1. The number of halogens is 2. The fraction of sp³-hybridized carbons (Fsp3) is 0.600. The topological polar surface area (TPSA) is 26.0 Å². The Morgan fingerprint density at radius 1 is 1.28 bits per heavy atom. The fourth-order valence-electron chi connectivity index (χ4n) is 3.05. The molecule has 0 spiro atoms. The summed E-state index contributed by atoms with van der Waals surface area (Å²) >= 11 is 0. The summed E-state index contributed by atoms with van der Waals surface area (Å²) in [6, 6.07) is 3.73. The molecule has 1 aliphatic carbocycles. The van der Waals surface area contributed by atoms with Crippen LogP contribution in [0, 0.1) is 17.6 Å². The summed E-state index contributed by atoms with van der Waals surface area (Å²) in [5.41, 5.74) is 6.19. The monoisotopic (exact) mass is 253 g/mol. The summed E-state index contributed by atoms with van der Waals surface area (Å²) < 4.78 is 26.7. The maximum atomic E-state index is 13.8. The molecular weight excluding hydrogens is 232 g/mol. The molecular formula is C15H21F2N. The molecule has 3 heteroatoms. The van der Waals surface area contributed by atoms with Crippen LogP contribution in [0.4, 0.5) is 8.78 Å². The molecule has 0 aromatic heterocycles. The first kappa shape index (κ1) is 13.5. The molecule has 0 atom stereocenters. The Hall–Kier alpha value is -0.960. The van der Waals surface area contributed by atoms with Gasteiger partial charge in [-0.3, -0.25) is 0 Å². The van der Waals surface area contributed by atoms with Crippen molar-refractivity contribution in [3.05, 3.63) is 35.4 Å². The van der Waals surface area contributed by atoms with Gasteiger partial charge in [0.1, 0.15) is 11.6 Å². The number of hydrogen-bond acceptors (Lipinski definition) is 1. The first-order valence-corrected chi connectivity index (χ1v) is 6.79. The Labute approximate surface area is 107 Å². The minimum absolute atomic E-state index is 0.471. The first-order chi connectivity index (χ1) is 8.55. The zero-order valence-corrected chi connectivity index (χ0v) is 10.9. The maximum absolute atomic E-state index is 13.8. The summed E-state index contributed by atoms with van der Waals surface area (Å²) in [6.45, 7) is 2.18. The Morgan fingerprint density at radius 2 is 1.94 bits per heavy atom. The second-order valence-electron chi connectivity index (χ2n) is 5.51. The van der Waals surface area contributed by atoms with Gasteiger partial charge in [-0.1, -0.05) is 25.8 Å². The Bertz CT molecular complexity index is 409. The van der Waals surface area contributed by atoms with Crippen molar-refractivity contribution in [2.75, 3.05) is 0 Å².